The summed E-state index contributed by atoms with van der Waals surface area (Å²) in [7, 11) is 1.59. The fourth-order valence-electron chi connectivity index (χ4n) is 1.73. The number of hydrogen-bond acceptors (Lipinski definition) is 6. The summed E-state index contributed by atoms with van der Waals surface area (Å²) < 4.78 is 30.6. The van der Waals surface area contributed by atoms with Crippen LogP contribution in [0.3, 0.4) is 0 Å². The zero-order valence-corrected chi connectivity index (χ0v) is 13.5. The number of nitrogens with one attached hydrogen (secondary N) is 2. The highest BCUT2D eigenvalue weighted by Gasteiger charge is 2.12. The fraction of sp³-hybridized carbons (Fsp3) is 0.538. The van der Waals surface area contributed by atoms with Crippen molar-refractivity contribution in [1.29, 1.82) is 0 Å². The second kappa shape index (κ2) is 8.18. The van der Waals surface area contributed by atoms with Gasteiger partial charge >= 0.3 is 0 Å². The molecule has 0 fully saturated rings. The van der Waals surface area contributed by atoms with E-state index in [4.69, 9.17) is 10.5 Å². The van der Waals surface area contributed by atoms with Gasteiger partial charge in [-0.15, -0.1) is 0 Å². The number of nitrogens with two attached hydrogens (primary N) is 1. The Labute approximate surface area is 126 Å². The first kappa shape index (κ1) is 17.7. The quantitative estimate of drug-likeness (QED) is 0.562. The molecule has 0 spiro atoms. The highest BCUT2D eigenvalue weighted by atomic mass is 32.2. The van der Waals surface area contributed by atoms with Crippen LogP contribution in [0, 0.1) is 0 Å². The van der Waals surface area contributed by atoms with Crippen molar-refractivity contribution in [1.82, 2.24) is 9.62 Å². The predicted octanol–water partition coefficient (Wildman–Crippen LogP) is 0.167. The molecule has 0 radical (unpaired) electrons. The lowest BCUT2D eigenvalue weighted by Crippen LogP contribution is -2.28. The Bertz CT molecular complexity index is 548. The van der Waals surface area contributed by atoms with Gasteiger partial charge in [-0.25, -0.2) is 13.1 Å². The summed E-state index contributed by atoms with van der Waals surface area (Å²) in [5.41, 5.74) is 7.02. The molecule has 120 valence electrons. The topological polar surface area (TPSA) is 96.7 Å². The normalized spacial score (nSPS) is 11.8. The van der Waals surface area contributed by atoms with E-state index in [1.807, 2.05) is 7.05 Å². The van der Waals surface area contributed by atoms with Crippen molar-refractivity contribution in [2.24, 2.45) is 0 Å². The summed E-state index contributed by atoms with van der Waals surface area (Å²) in [4.78, 5) is 2.29. The molecule has 0 aliphatic rings. The highest BCUT2D eigenvalue weighted by Crippen LogP contribution is 2.22. The van der Waals surface area contributed by atoms with Crippen LogP contribution in [0.15, 0.2) is 23.1 Å². The minimum Gasteiger partial charge on any atom is -0.397 e. The van der Waals surface area contributed by atoms with Crippen LogP contribution in [0.1, 0.15) is 0 Å². The Morgan fingerprint density at radius 1 is 1.33 bits per heavy atom. The Balaban J connectivity index is 2.58. The minimum absolute atomic E-state index is 0.158. The Morgan fingerprint density at radius 3 is 2.62 bits per heavy atom. The second-order valence-corrected chi connectivity index (χ2v) is 6.57. The molecule has 4 N–H and O–H groups in total. The van der Waals surface area contributed by atoms with Gasteiger partial charge in [0.05, 0.1) is 22.9 Å². The molecule has 1 rings (SSSR count). The van der Waals surface area contributed by atoms with Crippen molar-refractivity contribution in [2.75, 3.05) is 58.5 Å². The summed E-state index contributed by atoms with van der Waals surface area (Å²) >= 11 is 0. The summed E-state index contributed by atoms with van der Waals surface area (Å²) in [6.45, 7) is 3.09. The third-order valence-electron chi connectivity index (χ3n) is 3.09. The van der Waals surface area contributed by atoms with Gasteiger partial charge < -0.3 is 20.7 Å². The Hall–Kier alpha value is -1.35. The maximum Gasteiger partial charge on any atom is 0.240 e. The summed E-state index contributed by atoms with van der Waals surface area (Å²) in [5.74, 6) is 0. The lowest BCUT2D eigenvalue weighted by Gasteiger charge is -2.17. The molecule has 0 aliphatic carbocycles. The monoisotopic (exact) mass is 316 g/mol. The molecule has 8 heteroatoms. The lowest BCUT2D eigenvalue weighted by molar-refractivity contribution is 0.163. The van der Waals surface area contributed by atoms with Crippen molar-refractivity contribution < 1.29 is 13.2 Å². The largest absolute Gasteiger partial charge is 0.397 e. The zero-order valence-electron chi connectivity index (χ0n) is 12.7. The van der Waals surface area contributed by atoms with E-state index < -0.39 is 10.0 Å². The van der Waals surface area contributed by atoms with E-state index >= 15 is 0 Å². The predicted molar refractivity (Wildman–Crippen MR) is 85.0 cm³/mol. The third-order valence-corrected chi connectivity index (χ3v) is 4.50. The van der Waals surface area contributed by atoms with Gasteiger partial charge in [-0.2, -0.15) is 0 Å². The van der Waals surface area contributed by atoms with E-state index in [0.29, 0.717) is 18.8 Å². The van der Waals surface area contributed by atoms with Crippen LogP contribution < -0.4 is 15.8 Å². The fourth-order valence-corrected chi connectivity index (χ4v) is 2.49. The zero-order chi connectivity index (χ0) is 15.9. The third kappa shape index (κ3) is 5.50. The van der Waals surface area contributed by atoms with E-state index in [1.54, 1.807) is 13.2 Å². The van der Waals surface area contributed by atoms with Crippen LogP contribution in [0.4, 0.5) is 11.4 Å². The van der Waals surface area contributed by atoms with Crippen molar-refractivity contribution in [2.45, 2.75) is 4.90 Å². The van der Waals surface area contributed by atoms with Crippen molar-refractivity contribution in [3.05, 3.63) is 18.2 Å². The molecule has 0 amide bonds. The molecule has 0 aromatic heterocycles. The van der Waals surface area contributed by atoms with Gasteiger partial charge in [-0.1, -0.05) is 0 Å². The van der Waals surface area contributed by atoms with E-state index in [1.165, 1.54) is 19.2 Å². The molecular weight excluding hydrogens is 292 g/mol. The number of nitrogens with zero attached hydrogens (tertiary/aromatic N) is 1. The van der Waals surface area contributed by atoms with Gasteiger partial charge in [-0.05, 0) is 32.3 Å². The van der Waals surface area contributed by atoms with Crippen LogP contribution in [0.2, 0.25) is 0 Å². The molecule has 0 aliphatic heterocycles. The van der Waals surface area contributed by atoms with Gasteiger partial charge in [0.1, 0.15) is 0 Å². The molecule has 1 aromatic carbocycles. The van der Waals surface area contributed by atoms with Gasteiger partial charge in [-0.3, -0.25) is 0 Å². The van der Waals surface area contributed by atoms with Crippen molar-refractivity contribution >= 4 is 21.4 Å². The molecule has 21 heavy (non-hydrogen) atoms. The molecule has 0 saturated carbocycles. The van der Waals surface area contributed by atoms with E-state index in [0.717, 1.165) is 18.8 Å². The molecular formula is C13H24N4O3S. The van der Waals surface area contributed by atoms with Crippen LogP contribution in [-0.2, 0) is 14.8 Å². The highest BCUT2D eigenvalue weighted by molar-refractivity contribution is 7.89. The Morgan fingerprint density at radius 2 is 2.05 bits per heavy atom. The van der Waals surface area contributed by atoms with Gasteiger partial charge in [0.25, 0.3) is 0 Å². The summed E-state index contributed by atoms with van der Waals surface area (Å²) in [6, 6.07) is 4.65. The first-order chi connectivity index (χ1) is 9.90. The average molecular weight is 316 g/mol. The van der Waals surface area contributed by atoms with Crippen LogP contribution in [-0.4, -0.2) is 60.8 Å². The van der Waals surface area contributed by atoms with Crippen molar-refractivity contribution in [3.8, 4) is 0 Å². The number of methoxy groups -OCH3 is 1. The minimum atomic E-state index is -3.46. The molecule has 7 nitrogen and oxygen atoms in total. The molecule has 0 heterocycles. The van der Waals surface area contributed by atoms with Gasteiger partial charge in [0.2, 0.25) is 10.0 Å². The number of nitrogen functional groups attached to an aromatic ring is 1. The van der Waals surface area contributed by atoms with Crippen molar-refractivity contribution in [3.63, 3.8) is 0 Å². The van der Waals surface area contributed by atoms with E-state index in [9.17, 15) is 8.42 Å². The number of ether oxygens (including phenoxy) is 1. The molecule has 0 unspecified atom stereocenters. The smallest absolute Gasteiger partial charge is 0.240 e. The maximum absolute atomic E-state index is 11.7. The van der Waals surface area contributed by atoms with Crippen LogP contribution >= 0.6 is 0 Å². The SMILES string of the molecule is CNS(=O)(=O)c1ccc(NCCN(C)CCOC)c(N)c1. The molecule has 1 aromatic rings. The molecule has 0 saturated heterocycles. The summed E-state index contributed by atoms with van der Waals surface area (Å²) in [6.07, 6.45) is 0. The Kier molecular flexibility index (Phi) is 6.90. The number of anilines is 2. The first-order valence-corrected chi connectivity index (χ1v) is 8.13. The number of hydrogen-bond donors (Lipinski definition) is 3. The van der Waals surface area contributed by atoms with Crippen LogP contribution in [0.5, 0.6) is 0 Å². The molecule has 0 bridgehead atoms. The van der Waals surface area contributed by atoms with Gasteiger partial charge in [0.15, 0.2) is 0 Å². The van der Waals surface area contributed by atoms with E-state index in [-0.39, 0.29) is 4.90 Å². The molecule has 0 atom stereocenters. The number of sulfonamides is 1. The second-order valence-electron chi connectivity index (χ2n) is 4.68. The first-order valence-electron chi connectivity index (χ1n) is 6.65. The number of benzene rings is 1. The number of likely N-dealkylation sites (N-methyl/N-ethyl adjacent to an activating group) is 1. The van der Waals surface area contributed by atoms with Crippen LogP contribution in [0.25, 0.3) is 0 Å². The lowest BCUT2D eigenvalue weighted by atomic mass is 10.2. The standard InChI is InChI=1S/C13H24N4O3S/c1-15-21(18,19)11-4-5-13(12(14)10-11)16-6-7-17(2)8-9-20-3/h4-5,10,15-16H,6-9,14H2,1-3H3. The summed E-state index contributed by atoms with van der Waals surface area (Å²) in [5, 5.41) is 3.19. The maximum atomic E-state index is 11.7. The van der Waals surface area contributed by atoms with Gasteiger partial charge in [0, 0.05) is 26.7 Å². The van der Waals surface area contributed by atoms with E-state index in [2.05, 4.69) is 14.9 Å². The number of rotatable bonds is 9. The average Bonchev–Trinajstić information content (AvgIpc) is 2.46.